The van der Waals surface area contributed by atoms with Crippen LogP contribution in [-0.4, -0.2) is 83.9 Å². The van der Waals surface area contributed by atoms with E-state index in [1.54, 1.807) is 20.8 Å². The minimum absolute atomic E-state index is 0.0125. The number of amides is 5. The van der Waals surface area contributed by atoms with E-state index in [0.29, 0.717) is 38.5 Å². The number of likely N-dealkylation sites (tertiary alicyclic amines) is 1. The van der Waals surface area contributed by atoms with E-state index in [1.807, 2.05) is 0 Å². The normalized spacial score (nSPS) is 25.3. The van der Waals surface area contributed by atoms with Gasteiger partial charge in [-0.3, -0.25) is 19.2 Å². The van der Waals surface area contributed by atoms with E-state index in [9.17, 15) is 37.5 Å². The SMILES string of the molecule is CC1(C)CC2C1CN(C(=O)[C@@H](NC(=O)NC1(CS(=O)(=O)c3cccc(O)c3)CCCCC1)C(C)(C)C)[C@@H]2C(=O)NC(CC1CC1)C(=O)C(N)=O. The molecule has 4 fully saturated rings. The van der Waals surface area contributed by atoms with Gasteiger partial charge in [-0.05, 0) is 72.5 Å². The van der Waals surface area contributed by atoms with Crippen LogP contribution in [0.3, 0.4) is 0 Å². The standard InChI is InChI=1S/C36H53N5O8S/c1-34(2,3)29(39-33(47)40-36(14-7-6-8-15-36)20-50(48,49)23-11-9-10-22(42)17-23)32(46)41-19-25-24(18-35(25,4)5)27(41)31(45)38-26(16-21-12-13-21)28(43)30(37)44/h9-11,17,21,24-27,29,42H,6-8,12-16,18-20H2,1-5H3,(H2,37,44)(H,38,45)(H2,39,40,47)/t24?,25?,26?,27-,29+/m0/s1. The fraction of sp³-hybridized carbons (Fsp3) is 0.694. The van der Waals surface area contributed by atoms with Crippen molar-refractivity contribution in [2.45, 2.75) is 121 Å². The number of hydrogen-bond acceptors (Lipinski definition) is 8. The van der Waals surface area contributed by atoms with Gasteiger partial charge in [-0.25, -0.2) is 13.2 Å². The quantitative estimate of drug-likeness (QED) is 0.203. The van der Waals surface area contributed by atoms with Gasteiger partial charge < -0.3 is 31.7 Å². The fourth-order valence-corrected chi connectivity index (χ4v) is 10.2. The lowest BCUT2D eigenvalue weighted by Crippen LogP contribution is -2.63. The molecule has 276 valence electrons. The van der Waals surface area contributed by atoms with Gasteiger partial charge >= 0.3 is 6.03 Å². The number of phenols is 1. The molecule has 14 heteroatoms. The van der Waals surface area contributed by atoms with Crippen LogP contribution in [0.4, 0.5) is 4.79 Å². The number of sulfone groups is 1. The number of rotatable bonds is 12. The van der Waals surface area contributed by atoms with Crippen molar-refractivity contribution in [3.8, 4) is 5.75 Å². The first-order chi connectivity index (χ1) is 23.2. The highest BCUT2D eigenvalue weighted by molar-refractivity contribution is 7.91. The summed E-state index contributed by atoms with van der Waals surface area (Å²) in [5.41, 5.74) is 3.28. The Kier molecular flexibility index (Phi) is 10.4. The van der Waals surface area contributed by atoms with Crippen LogP contribution in [0.2, 0.25) is 0 Å². The maximum Gasteiger partial charge on any atom is 0.315 e. The average Bonchev–Trinajstić information content (AvgIpc) is 3.77. The molecule has 5 atom stereocenters. The molecule has 13 nitrogen and oxygen atoms in total. The van der Waals surface area contributed by atoms with Gasteiger partial charge in [0.1, 0.15) is 17.8 Å². The summed E-state index contributed by atoms with van der Waals surface area (Å²) in [4.78, 5) is 68.4. The number of Topliss-reactive ketones (excluding diaryl/α,β-unsaturated/α-hetero) is 1. The van der Waals surface area contributed by atoms with Gasteiger partial charge in [0.15, 0.2) is 9.84 Å². The zero-order chi connectivity index (χ0) is 36.8. The summed E-state index contributed by atoms with van der Waals surface area (Å²) in [6.07, 6.45) is 5.94. The lowest BCUT2D eigenvalue weighted by atomic mass is 9.55. The Labute approximate surface area is 294 Å². The fourth-order valence-electron chi connectivity index (χ4n) is 8.38. The van der Waals surface area contributed by atoms with Gasteiger partial charge in [-0.1, -0.05) is 72.8 Å². The second kappa shape index (κ2) is 13.8. The van der Waals surface area contributed by atoms with Crippen LogP contribution < -0.4 is 21.7 Å². The molecule has 0 aromatic heterocycles. The number of fused-ring (bicyclic) bond motifs is 1. The van der Waals surface area contributed by atoms with Crippen LogP contribution in [0, 0.1) is 28.6 Å². The maximum atomic E-state index is 14.5. The largest absolute Gasteiger partial charge is 0.508 e. The number of carbonyl (C=O) groups is 5. The van der Waals surface area contributed by atoms with E-state index in [0.717, 1.165) is 19.3 Å². The summed E-state index contributed by atoms with van der Waals surface area (Å²) in [5.74, 6) is -3.43. The van der Waals surface area contributed by atoms with Crippen molar-refractivity contribution in [1.82, 2.24) is 20.9 Å². The average molecular weight is 716 g/mol. The first kappa shape index (κ1) is 37.6. The lowest BCUT2D eigenvalue weighted by molar-refractivity contribution is -0.144. The Morgan fingerprint density at radius 3 is 2.26 bits per heavy atom. The number of nitrogens with zero attached hydrogens (tertiary/aromatic N) is 1. The number of phenolic OH excluding ortho intramolecular Hbond substituents is 1. The molecule has 3 unspecified atom stereocenters. The summed E-state index contributed by atoms with van der Waals surface area (Å²) < 4.78 is 27.0. The number of nitrogens with two attached hydrogens (primary N) is 1. The molecular weight excluding hydrogens is 662 g/mol. The molecule has 6 N–H and O–H groups in total. The monoisotopic (exact) mass is 715 g/mol. The topological polar surface area (TPSA) is 205 Å². The van der Waals surface area contributed by atoms with Crippen LogP contribution in [0.25, 0.3) is 0 Å². The number of hydrogen-bond donors (Lipinski definition) is 5. The van der Waals surface area contributed by atoms with Crippen molar-refractivity contribution < 1.29 is 37.5 Å². The Morgan fingerprint density at radius 2 is 1.70 bits per heavy atom. The highest BCUT2D eigenvalue weighted by Gasteiger charge is 2.61. The van der Waals surface area contributed by atoms with Crippen molar-refractivity contribution in [3.63, 3.8) is 0 Å². The Hall–Kier alpha value is -3.68. The molecule has 0 spiro atoms. The molecule has 4 aliphatic rings. The number of carbonyl (C=O) groups excluding carboxylic acids is 5. The minimum atomic E-state index is -3.91. The molecular formula is C36H53N5O8S. The van der Waals surface area contributed by atoms with Gasteiger partial charge in [-0.15, -0.1) is 0 Å². The van der Waals surface area contributed by atoms with Gasteiger partial charge in [0.25, 0.3) is 5.91 Å². The number of ketones is 1. The summed E-state index contributed by atoms with van der Waals surface area (Å²) in [5, 5.41) is 18.5. The molecule has 3 aliphatic carbocycles. The lowest BCUT2D eigenvalue weighted by Gasteiger charge is -2.48. The van der Waals surface area contributed by atoms with Crippen molar-refractivity contribution in [1.29, 1.82) is 0 Å². The summed E-state index contributed by atoms with van der Waals surface area (Å²) in [6, 6.07) is 1.69. The summed E-state index contributed by atoms with van der Waals surface area (Å²) in [7, 11) is -3.91. The molecule has 1 heterocycles. The minimum Gasteiger partial charge on any atom is -0.508 e. The van der Waals surface area contributed by atoms with Crippen LogP contribution >= 0.6 is 0 Å². The van der Waals surface area contributed by atoms with Crippen molar-refractivity contribution >= 4 is 39.4 Å². The highest BCUT2D eigenvalue weighted by atomic mass is 32.2. The highest BCUT2D eigenvalue weighted by Crippen LogP contribution is 2.57. The number of primary amides is 1. The van der Waals surface area contributed by atoms with Gasteiger partial charge in [0.2, 0.25) is 17.6 Å². The molecule has 5 amide bonds. The Bertz CT molecular complexity index is 1630. The summed E-state index contributed by atoms with van der Waals surface area (Å²) in [6.45, 7) is 9.88. The third-order valence-electron chi connectivity index (χ3n) is 11.3. The molecule has 1 aromatic carbocycles. The van der Waals surface area contributed by atoms with Gasteiger partial charge in [0, 0.05) is 6.54 Å². The van der Waals surface area contributed by atoms with Crippen LogP contribution in [-0.2, 0) is 29.0 Å². The third kappa shape index (κ3) is 8.10. The Morgan fingerprint density at radius 1 is 1.04 bits per heavy atom. The molecule has 1 saturated heterocycles. The van der Waals surface area contributed by atoms with Crippen LogP contribution in [0.5, 0.6) is 5.75 Å². The number of urea groups is 1. The number of aromatic hydroxyl groups is 1. The molecule has 50 heavy (non-hydrogen) atoms. The second-order valence-corrected chi connectivity index (χ2v) is 18.9. The molecule has 3 saturated carbocycles. The predicted molar refractivity (Wildman–Crippen MR) is 185 cm³/mol. The maximum absolute atomic E-state index is 14.5. The van der Waals surface area contributed by atoms with Crippen LogP contribution in [0.15, 0.2) is 29.2 Å². The zero-order valence-corrected chi connectivity index (χ0v) is 30.6. The molecule has 5 rings (SSSR count). The van der Waals surface area contributed by atoms with Crippen molar-refractivity contribution in [2.24, 2.45) is 34.3 Å². The number of nitrogens with one attached hydrogen (secondary N) is 3. The first-order valence-corrected chi connectivity index (χ1v) is 19.4. The first-order valence-electron chi connectivity index (χ1n) is 17.8. The van der Waals surface area contributed by atoms with E-state index in [2.05, 4.69) is 29.8 Å². The van der Waals surface area contributed by atoms with Crippen molar-refractivity contribution in [3.05, 3.63) is 24.3 Å². The van der Waals surface area contributed by atoms with Gasteiger partial charge in [0.05, 0.1) is 22.2 Å². The van der Waals surface area contributed by atoms with E-state index >= 15 is 0 Å². The molecule has 1 aliphatic heterocycles. The second-order valence-electron chi connectivity index (χ2n) is 16.9. The van der Waals surface area contributed by atoms with Crippen molar-refractivity contribution in [2.75, 3.05) is 12.3 Å². The smallest absolute Gasteiger partial charge is 0.315 e. The Balaban J connectivity index is 1.37. The van der Waals surface area contributed by atoms with Gasteiger partial charge in [-0.2, -0.15) is 0 Å². The van der Waals surface area contributed by atoms with E-state index in [-0.39, 0.29) is 46.1 Å². The zero-order valence-electron chi connectivity index (χ0n) is 29.8. The van der Waals surface area contributed by atoms with E-state index in [1.165, 1.54) is 29.2 Å². The number of benzene rings is 1. The van der Waals surface area contributed by atoms with E-state index < -0.39 is 68.5 Å². The van der Waals surface area contributed by atoms with E-state index in [4.69, 9.17) is 5.73 Å². The molecule has 1 aromatic rings. The summed E-state index contributed by atoms with van der Waals surface area (Å²) >= 11 is 0. The van der Waals surface area contributed by atoms with Crippen LogP contribution in [0.1, 0.15) is 92.4 Å². The molecule has 0 radical (unpaired) electrons. The molecule has 0 bridgehead atoms. The predicted octanol–water partition coefficient (Wildman–Crippen LogP) is 2.80. The third-order valence-corrected chi connectivity index (χ3v) is 13.2.